The standard InChI is InChI=1S/C19H22O4/c1-5-22-18-9-15(12(2)3)8-13(4)19(18)23-11-14-6-7-16(20)10-17(14)21/h6-10,20-21H,2,5,11H2,1,3-4H3. The Kier molecular flexibility index (Phi) is 5.16. The summed E-state index contributed by atoms with van der Waals surface area (Å²) in [6.45, 7) is 10.5. The molecule has 0 aliphatic heterocycles. The van der Waals surface area contributed by atoms with Crippen molar-refractivity contribution >= 4 is 5.57 Å². The molecule has 0 amide bonds. The van der Waals surface area contributed by atoms with Gasteiger partial charge >= 0.3 is 0 Å². The maximum absolute atomic E-state index is 9.85. The Morgan fingerprint density at radius 1 is 1.13 bits per heavy atom. The third-order valence-electron chi connectivity index (χ3n) is 3.47. The van der Waals surface area contributed by atoms with Crippen molar-refractivity contribution in [2.45, 2.75) is 27.4 Å². The number of aryl methyl sites for hydroxylation is 1. The summed E-state index contributed by atoms with van der Waals surface area (Å²) >= 11 is 0. The van der Waals surface area contributed by atoms with Crippen LogP contribution in [0.25, 0.3) is 5.57 Å². The van der Waals surface area contributed by atoms with Crippen LogP contribution >= 0.6 is 0 Å². The minimum Gasteiger partial charge on any atom is -0.508 e. The lowest BCUT2D eigenvalue weighted by molar-refractivity contribution is 0.264. The Morgan fingerprint density at radius 2 is 1.87 bits per heavy atom. The van der Waals surface area contributed by atoms with E-state index >= 15 is 0 Å². The van der Waals surface area contributed by atoms with E-state index in [0.29, 0.717) is 23.7 Å². The van der Waals surface area contributed by atoms with Gasteiger partial charge in [-0.15, -0.1) is 0 Å². The van der Waals surface area contributed by atoms with Gasteiger partial charge in [0.05, 0.1) is 6.61 Å². The zero-order chi connectivity index (χ0) is 17.0. The molecule has 4 heteroatoms. The van der Waals surface area contributed by atoms with Crippen molar-refractivity contribution in [2.75, 3.05) is 6.61 Å². The summed E-state index contributed by atoms with van der Waals surface area (Å²) < 4.78 is 11.5. The van der Waals surface area contributed by atoms with Crippen molar-refractivity contribution in [3.8, 4) is 23.0 Å². The highest BCUT2D eigenvalue weighted by molar-refractivity contribution is 5.66. The molecular formula is C19H22O4. The summed E-state index contributed by atoms with van der Waals surface area (Å²) in [5, 5.41) is 19.2. The Bertz CT molecular complexity index is 720. The van der Waals surface area contributed by atoms with E-state index in [-0.39, 0.29) is 18.1 Å². The van der Waals surface area contributed by atoms with Gasteiger partial charge in [-0.1, -0.05) is 12.2 Å². The molecule has 0 aliphatic rings. The first-order chi connectivity index (χ1) is 10.9. The van der Waals surface area contributed by atoms with Crippen molar-refractivity contribution < 1.29 is 19.7 Å². The number of hydrogen-bond acceptors (Lipinski definition) is 4. The van der Waals surface area contributed by atoms with Gasteiger partial charge in [0.25, 0.3) is 0 Å². The normalized spacial score (nSPS) is 10.4. The minimum absolute atomic E-state index is 0.000769. The van der Waals surface area contributed by atoms with E-state index in [1.54, 1.807) is 6.07 Å². The lowest BCUT2D eigenvalue weighted by Crippen LogP contribution is -2.02. The molecule has 2 rings (SSSR count). The molecule has 0 spiro atoms. The molecule has 2 aromatic carbocycles. The smallest absolute Gasteiger partial charge is 0.164 e. The Morgan fingerprint density at radius 3 is 2.48 bits per heavy atom. The molecule has 23 heavy (non-hydrogen) atoms. The predicted molar refractivity (Wildman–Crippen MR) is 91.2 cm³/mol. The second-order valence-corrected chi connectivity index (χ2v) is 5.44. The van der Waals surface area contributed by atoms with Crippen LogP contribution in [0.2, 0.25) is 0 Å². The molecular weight excluding hydrogens is 292 g/mol. The quantitative estimate of drug-likeness (QED) is 0.829. The lowest BCUT2D eigenvalue weighted by atomic mass is 10.0. The highest BCUT2D eigenvalue weighted by atomic mass is 16.5. The third-order valence-corrected chi connectivity index (χ3v) is 3.47. The zero-order valence-corrected chi connectivity index (χ0v) is 13.7. The Balaban J connectivity index is 2.29. The molecule has 0 fully saturated rings. The number of phenolic OH excluding ortho intramolecular Hbond substituents is 2. The van der Waals surface area contributed by atoms with E-state index in [1.165, 1.54) is 12.1 Å². The highest BCUT2D eigenvalue weighted by Gasteiger charge is 2.13. The average molecular weight is 314 g/mol. The van der Waals surface area contributed by atoms with Crippen LogP contribution in [0.1, 0.15) is 30.5 Å². The van der Waals surface area contributed by atoms with Crippen molar-refractivity contribution in [3.63, 3.8) is 0 Å². The monoisotopic (exact) mass is 314 g/mol. The fourth-order valence-corrected chi connectivity index (χ4v) is 2.26. The van der Waals surface area contributed by atoms with Gasteiger partial charge in [0, 0.05) is 11.6 Å². The molecule has 4 nitrogen and oxygen atoms in total. The molecule has 0 bridgehead atoms. The number of allylic oxidation sites excluding steroid dienone is 1. The molecule has 2 N–H and O–H groups in total. The molecule has 2 aromatic rings. The second-order valence-electron chi connectivity index (χ2n) is 5.44. The molecule has 0 aromatic heterocycles. The fourth-order valence-electron chi connectivity index (χ4n) is 2.26. The van der Waals surface area contributed by atoms with Crippen molar-refractivity contribution in [2.24, 2.45) is 0 Å². The van der Waals surface area contributed by atoms with Crippen LogP contribution in [0.4, 0.5) is 0 Å². The maximum Gasteiger partial charge on any atom is 0.164 e. The van der Waals surface area contributed by atoms with Gasteiger partial charge in [-0.2, -0.15) is 0 Å². The van der Waals surface area contributed by atoms with E-state index in [1.807, 2.05) is 32.9 Å². The van der Waals surface area contributed by atoms with E-state index < -0.39 is 0 Å². The van der Waals surface area contributed by atoms with Crippen molar-refractivity contribution in [3.05, 3.63) is 53.6 Å². The molecule has 122 valence electrons. The fraction of sp³-hybridized carbons (Fsp3) is 0.263. The Hall–Kier alpha value is -2.62. The van der Waals surface area contributed by atoms with Crippen molar-refractivity contribution in [1.29, 1.82) is 0 Å². The van der Waals surface area contributed by atoms with Crippen LogP contribution in [-0.2, 0) is 6.61 Å². The largest absolute Gasteiger partial charge is 0.508 e. The Labute approximate surface area is 136 Å². The second kappa shape index (κ2) is 7.09. The summed E-state index contributed by atoms with van der Waals surface area (Å²) in [6, 6.07) is 8.34. The van der Waals surface area contributed by atoms with E-state index in [0.717, 1.165) is 16.7 Å². The van der Waals surface area contributed by atoms with Gasteiger partial charge in [0.15, 0.2) is 11.5 Å². The van der Waals surface area contributed by atoms with Gasteiger partial charge in [-0.05, 0) is 56.2 Å². The van der Waals surface area contributed by atoms with Gasteiger partial charge < -0.3 is 19.7 Å². The zero-order valence-electron chi connectivity index (χ0n) is 13.7. The summed E-state index contributed by atoms with van der Waals surface area (Å²) in [6.07, 6.45) is 0. The van der Waals surface area contributed by atoms with Gasteiger partial charge in [-0.25, -0.2) is 0 Å². The SMILES string of the molecule is C=C(C)c1cc(C)c(OCc2ccc(O)cc2O)c(OCC)c1. The predicted octanol–water partition coefficient (Wildman–Crippen LogP) is 4.42. The molecule has 0 heterocycles. The number of aromatic hydroxyl groups is 2. The maximum atomic E-state index is 9.85. The summed E-state index contributed by atoms with van der Waals surface area (Å²) in [5.74, 6) is 1.32. The number of hydrogen-bond donors (Lipinski definition) is 2. The van der Waals surface area contributed by atoms with E-state index in [4.69, 9.17) is 9.47 Å². The van der Waals surface area contributed by atoms with Crippen molar-refractivity contribution in [1.82, 2.24) is 0 Å². The van der Waals surface area contributed by atoms with E-state index in [9.17, 15) is 10.2 Å². The van der Waals surface area contributed by atoms with Crippen LogP contribution in [0.15, 0.2) is 36.9 Å². The minimum atomic E-state index is -0.000769. The number of rotatable bonds is 6. The van der Waals surface area contributed by atoms with Gasteiger partial charge in [0.1, 0.15) is 18.1 Å². The molecule has 0 saturated carbocycles. The third kappa shape index (κ3) is 3.97. The average Bonchev–Trinajstić information content (AvgIpc) is 2.48. The molecule has 0 unspecified atom stereocenters. The van der Waals surface area contributed by atoms with Crippen LogP contribution in [0.3, 0.4) is 0 Å². The summed E-state index contributed by atoms with van der Waals surface area (Å²) in [7, 11) is 0. The first-order valence-corrected chi connectivity index (χ1v) is 7.49. The first kappa shape index (κ1) is 16.7. The highest BCUT2D eigenvalue weighted by Crippen LogP contribution is 2.35. The van der Waals surface area contributed by atoms with Gasteiger partial charge in [-0.3, -0.25) is 0 Å². The van der Waals surface area contributed by atoms with Crippen LogP contribution in [0.5, 0.6) is 23.0 Å². The van der Waals surface area contributed by atoms with Crippen LogP contribution in [-0.4, -0.2) is 16.8 Å². The number of benzene rings is 2. The lowest BCUT2D eigenvalue weighted by Gasteiger charge is -2.17. The summed E-state index contributed by atoms with van der Waals surface area (Å²) in [5.41, 5.74) is 3.49. The molecule has 0 saturated heterocycles. The van der Waals surface area contributed by atoms with E-state index in [2.05, 4.69) is 6.58 Å². The van der Waals surface area contributed by atoms with Crippen LogP contribution in [0, 0.1) is 6.92 Å². The topological polar surface area (TPSA) is 58.9 Å². The summed E-state index contributed by atoms with van der Waals surface area (Å²) in [4.78, 5) is 0. The number of ether oxygens (including phenoxy) is 2. The van der Waals surface area contributed by atoms with Crippen LogP contribution < -0.4 is 9.47 Å². The molecule has 0 aliphatic carbocycles. The number of phenols is 2. The first-order valence-electron chi connectivity index (χ1n) is 7.49. The van der Waals surface area contributed by atoms with Gasteiger partial charge in [0.2, 0.25) is 0 Å². The molecule has 0 atom stereocenters. The molecule has 0 radical (unpaired) electrons.